The first-order valence-corrected chi connectivity index (χ1v) is 9.65. The molecule has 0 saturated carbocycles. The SMILES string of the molecule is Cc1nc(SCC(=O)Nc2ccc(F)c(Cl)c2)c2c(C)c(C)sc2n1. The molecule has 0 aliphatic carbocycles. The molecule has 0 atom stereocenters. The molecular weight excluding hydrogens is 381 g/mol. The zero-order valence-corrected chi connectivity index (χ0v) is 16.2. The number of anilines is 1. The number of rotatable bonds is 4. The lowest BCUT2D eigenvalue weighted by molar-refractivity contribution is -0.113. The molecule has 0 aliphatic heterocycles. The minimum Gasteiger partial charge on any atom is -0.325 e. The number of benzene rings is 1. The zero-order chi connectivity index (χ0) is 18.1. The van der Waals surface area contributed by atoms with Gasteiger partial charge in [0.25, 0.3) is 0 Å². The van der Waals surface area contributed by atoms with Crippen molar-refractivity contribution in [2.45, 2.75) is 25.8 Å². The van der Waals surface area contributed by atoms with Crippen LogP contribution in [-0.4, -0.2) is 21.6 Å². The predicted molar refractivity (Wildman–Crippen MR) is 102 cm³/mol. The van der Waals surface area contributed by atoms with Gasteiger partial charge >= 0.3 is 0 Å². The zero-order valence-electron chi connectivity index (χ0n) is 13.8. The van der Waals surface area contributed by atoms with Crippen LogP contribution < -0.4 is 5.32 Å². The molecule has 130 valence electrons. The second kappa shape index (κ2) is 7.27. The Balaban J connectivity index is 1.76. The van der Waals surface area contributed by atoms with Gasteiger partial charge in [-0.25, -0.2) is 14.4 Å². The van der Waals surface area contributed by atoms with E-state index in [1.54, 1.807) is 11.3 Å². The van der Waals surface area contributed by atoms with E-state index >= 15 is 0 Å². The van der Waals surface area contributed by atoms with Crippen molar-refractivity contribution in [3.05, 3.63) is 45.3 Å². The highest BCUT2D eigenvalue weighted by Crippen LogP contribution is 2.35. The van der Waals surface area contributed by atoms with Gasteiger partial charge in [-0.15, -0.1) is 11.3 Å². The number of thioether (sulfide) groups is 1. The minimum atomic E-state index is -0.517. The maximum Gasteiger partial charge on any atom is 0.234 e. The topological polar surface area (TPSA) is 54.9 Å². The number of thiophene rings is 1. The molecule has 1 amide bonds. The molecule has 3 aromatic rings. The largest absolute Gasteiger partial charge is 0.325 e. The van der Waals surface area contributed by atoms with Gasteiger partial charge in [0.05, 0.1) is 10.8 Å². The van der Waals surface area contributed by atoms with E-state index in [1.807, 2.05) is 13.8 Å². The number of carbonyl (C=O) groups excluding carboxylic acids is 1. The molecule has 4 nitrogen and oxygen atoms in total. The van der Waals surface area contributed by atoms with Crippen LogP contribution in [0.2, 0.25) is 5.02 Å². The summed E-state index contributed by atoms with van der Waals surface area (Å²) < 4.78 is 13.2. The van der Waals surface area contributed by atoms with Gasteiger partial charge in [0.2, 0.25) is 5.91 Å². The third-order valence-electron chi connectivity index (χ3n) is 3.65. The average molecular weight is 396 g/mol. The number of nitrogens with zero attached hydrogens (tertiary/aromatic N) is 2. The first kappa shape index (κ1) is 18.1. The smallest absolute Gasteiger partial charge is 0.234 e. The van der Waals surface area contributed by atoms with Crippen LogP contribution in [0.1, 0.15) is 16.3 Å². The quantitative estimate of drug-likeness (QED) is 0.491. The predicted octanol–water partition coefficient (Wildman–Crippen LogP) is 5.14. The van der Waals surface area contributed by atoms with Gasteiger partial charge in [-0.2, -0.15) is 0 Å². The molecular formula is C17H15ClFN3OS2. The third kappa shape index (κ3) is 3.94. The van der Waals surface area contributed by atoms with Crippen molar-refractivity contribution in [2.24, 2.45) is 0 Å². The van der Waals surface area contributed by atoms with Gasteiger partial charge in [0.15, 0.2) is 0 Å². The lowest BCUT2D eigenvalue weighted by Gasteiger charge is -2.07. The van der Waals surface area contributed by atoms with Crippen molar-refractivity contribution < 1.29 is 9.18 Å². The summed E-state index contributed by atoms with van der Waals surface area (Å²) >= 11 is 8.72. The second-order valence-electron chi connectivity index (χ2n) is 5.51. The lowest BCUT2D eigenvalue weighted by Crippen LogP contribution is -2.14. The number of amides is 1. The molecule has 0 unspecified atom stereocenters. The van der Waals surface area contributed by atoms with E-state index in [0.29, 0.717) is 11.5 Å². The van der Waals surface area contributed by atoms with Crippen molar-refractivity contribution in [1.82, 2.24) is 9.97 Å². The van der Waals surface area contributed by atoms with Gasteiger partial charge in [-0.3, -0.25) is 4.79 Å². The Morgan fingerprint density at radius 3 is 2.80 bits per heavy atom. The summed E-state index contributed by atoms with van der Waals surface area (Å²) in [7, 11) is 0. The Kier molecular flexibility index (Phi) is 5.27. The summed E-state index contributed by atoms with van der Waals surface area (Å²) in [6.45, 7) is 5.93. The molecule has 3 rings (SSSR count). The second-order valence-corrected chi connectivity index (χ2v) is 8.08. The molecule has 0 aliphatic rings. The highest BCUT2D eigenvalue weighted by Gasteiger charge is 2.15. The van der Waals surface area contributed by atoms with Crippen molar-refractivity contribution in [1.29, 1.82) is 0 Å². The monoisotopic (exact) mass is 395 g/mol. The Labute approximate surface area is 157 Å². The molecule has 1 aromatic carbocycles. The van der Waals surface area contributed by atoms with Crippen LogP contribution in [0.15, 0.2) is 23.2 Å². The molecule has 8 heteroatoms. The van der Waals surface area contributed by atoms with Crippen molar-refractivity contribution in [2.75, 3.05) is 11.1 Å². The molecule has 25 heavy (non-hydrogen) atoms. The summed E-state index contributed by atoms with van der Waals surface area (Å²) in [4.78, 5) is 23.3. The molecule has 0 spiro atoms. The fraction of sp³-hybridized carbons (Fsp3) is 0.235. The van der Waals surface area contributed by atoms with Crippen molar-refractivity contribution >= 4 is 56.5 Å². The Bertz CT molecular complexity index is 974. The molecule has 1 N–H and O–H groups in total. The van der Waals surface area contributed by atoms with E-state index in [2.05, 4.69) is 22.2 Å². The normalized spacial score (nSPS) is 11.1. The van der Waals surface area contributed by atoms with Gasteiger partial charge in [0.1, 0.15) is 21.5 Å². The maximum atomic E-state index is 13.2. The molecule has 0 fully saturated rings. The van der Waals surface area contributed by atoms with E-state index in [4.69, 9.17) is 11.6 Å². The Morgan fingerprint density at radius 1 is 1.32 bits per heavy atom. The first-order chi connectivity index (χ1) is 11.8. The number of hydrogen-bond acceptors (Lipinski definition) is 5. The van der Waals surface area contributed by atoms with E-state index in [-0.39, 0.29) is 16.7 Å². The van der Waals surface area contributed by atoms with Crippen LogP contribution in [0.4, 0.5) is 10.1 Å². The summed E-state index contributed by atoms with van der Waals surface area (Å²) in [6, 6.07) is 4.09. The summed E-state index contributed by atoms with van der Waals surface area (Å²) in [5.74, 6) is 0.148. The number of halogens is 2. The standard InChI is InChI=1S/C17H15ClFN3OS2/c1-8-9(2)25-17-15(8)16(20-10(3)21-17)24-7-14(23)22-11-4-5-13(19)12(18)6-11/h4-6H,7H2,1-3H3,(H,22,23). The molecule has 0 saturated heterocycles. The number of nitrogens with one attached hydrogen (secondary N) is 1. The lowest BCUT2D eigenvalue weighted by atomic mass is 10.2. The summed E-state index contributed by atoms with van der Waals surface area (Å²) in [5, 5.41) is 4.50. The number of aryl methyl sites for hydroxylation is 3. The van der Waals surface area contributed by atoms with Crippen LogP contribution in [0.25, 0.3) is 10.2 Å². The van der Waals surface area contributed by atoms with Gasteiger partial charge in [-0.05, 0) is 44.5 Å². The van der Waals surface area contributed by atoms with Gasteiger partial charge in [0, 0.05) is 16.0 Å². The molecule has 0 radical (unpaired) electrons. The maximum absolute atomic E-state index is 13.2. The summed E-state index contributed by atoms with van der Waals surface area (Å²) in [5.41, 5.74) is 1.61. The summed E-state index contributed by atoms with van der Waals surface area (Å²) in [6.07, 6.45) is 0. The highest BCUT2D eigenvalue weighted by atomic mass is 35.5. The van der Waals surface area contributed by atoms with Crippen LogP contribution in [0.5, 0.6) is 0 Å². The first-order valence-electron chi connectivity index (χ1n) is 7.47. The fourth-order valence-corrected chi connectivity index (χ4v) is 4.57. The number of carbonyl (C=O) groups is 1. The number of fused-ring (bicyclic) bond motifs is 1. The average Bonchev–Trinajstić information content (AvgIpc) is 2.83. The van der Waals surface area contributed by atoms with Crippen molar-refractivity contribution in [3.8, 4) is 0 Å². The van der Waals surface area contributed by atoms with Gasteiger partial charge in [-0.1, -0.05) is 23.4 Å². The van der Waals surface area contributed by atoms with Gasteiger partial charge < -0.3 is 5.32 Å². The van der Waals surface area contributed by atoms with Crippen LogP contribution in [0, 0.1) is 26.6 Å². The van der Waals surface area contributed by atoms with Crippen LogP contribution in [0.3, 0.4) is 0 Å². The van der Waals surface area contributed by atoms with E-state index in [9.17, 15) is 9.18 Å². The molecule has 2 aromatic heterocycles. The minimum absolute atomic E-state index is 0.0250. The Hall–Kier alpha value is -1.70. The van der Waals surface area contributed by atoms with E-state index in [0.717, 1.165) is 20.8 Å². The molecule has 2 heterocycles. The highest BCUT2D eigenvalue weighted by molar-refractivity contribution is 8.00. The fourth-order valence-electron chi connectivity index (χ4n) is 2.32. The third-order valence-corrected chi connectivity index (χ3v) is 6.02. The van der Waals surface area contributed by atoms with Crippen LogP contribution >= 0.6 is 34.7 Å². The van der Waals surface area contributed by atoms with E-state index < -0.39 is 5.82 Å². The number of aromatic nitrogens is 2. The number of hydrogen-bond donors (Lipinski definition) is 1. The van der Waals surface area contributed by atoms with Crippen molar-refractivity contribution in [3.63, 3.8) is 0 Å². The Morgan fingerprint density at radius 2 is 2.08 bits per heavy atom. The molecule has 0 bridgehead atoms. The van der Waals surface area contributed by atoms with Crippen LogP contribution in [-0.2, 0) is 4.79 Å². The van der Waals surface area contributed by atoms with E-state index in [1.165, 1.54) is 34.8 Å².